The highest BCUT2D eigenvalue weighted by atomic mass is 16.4. The zero-order valence-electron chi connectivity index (χ0n) is 18.1. The third-order valence-electron chi connectivity index (χ3n) is 6.22. The van der Waals surface area contributed by atoms with Crippen LogP contribution in [-0.4, -0.2) is 142 Å². The van der Waals surface area contributed by atoms with Crippen LogP contribution in [0.5, 0.6) is 0 Å². The molecule has 2 fully saturated rings. The predicted octanol–water partition coefficient (Wildman–Crippen LogP) is -1.23. The molecule has 0 amide bonds. The number of rotatable bonds is 8. The quantitative estimate of drug-likeness (QED) is 0.357. The molecule has 11 heteroatoms. The number of β-amino-alcohol motifs (C(OH)–C–C–N with tert-alkyl or cyclic N) is 1. The molecule has 4 N–H and O–H groups in total. The Morgan fingerprint density at radius 2 is 1.06 bits per heavy atom. The summed E-state index contributed by atoms with van der Waals surface area (Å²) in [6.07, 6.45) is 3.50. The summed E-state index contributed by atoms with van der Waals surface area (Å²) < 4.78 is 0. The fraction of sp³-hybridized carbons (Fsp3) is 0.850. The van der Waals surface area contributed by atoms with E-state index < -0.39 is 17.9 Å². The van der Waals surface area contributed by atoms with Crippen LogP contribution in [-0.2, 0) is 14.4 Å². The van der Waals surface area contributed by atoms with Crippen molar-refractivity contribution >= 4 is 17.9 Å². The van der Waals surface area contributed by atoms with E-state index in [1.807, 2.05) is 14.7 Å². The normalized spacial score (nSPS) is 25.8. The van der Waals surface area contributed by atoms with Crippen LogP contribution in [0.15, 0.2) is 0 Å². The topological polar surface area (TPSA) is 145 Å². The van der Waals surface area contributed by atoms with Gasteiger partial charge in [0.1, 0.15) is 0 Å². The molecular formula is C20H36N4O7. The van der Waals surface area contributed by atoms with Gasteiger partial charge in [0.25, 0.3) is 0 Å². The van der Waals surface area contributed by atoms with Crippen molar-refractivity contribution in [2.45, 2.75) is 37.8 Å². The summed E-state index contributed by atoms with van der Waals surface area (Å²) in [5.74, 6) is -2.79. The highest BCUT2D eigenvalue weighted by Crippen LogP contribution is 2.27. The maximum atomic E-state index is 11.6. The molecule has 2 atom stereocenters. The van der Waals surface area contributed by atoms with Crippen molar-refractivity contribution in [2.75, 3.05) is 72.1 Å². The molecule has 178 valence electrons. The molecule has 0 aromatic carbocycles. The Bertz CT molecular complexity index is 606. The number of carboxylic acids is 3. The van der Waals surface area contributed by atoms with Crippen LogP contribution < -0.4 is 0 Å². The van der Waals surface area contributed by atoms with Crippen LogP contribution >= 0.6 is 0 Å². The molecule has 11 nitrogen and oxygen atoms in total. The smallest absolute Gasteiger partial charge is 0.317 e. The second kappa shape index (κ2) is 12.9. The van der Waals surface area contributed by atoms with Crippen LogP contribution in [0.3, 0.4) is 0 Å². The van der Waals surface area contributed by atoms with Gasteiger partial charge in [-0.15, -0.1) is 0 Å². The van der Waals surface area contributed by atoms with Gasteiger partial charge in [-0.05, 0) is 12.8 Å². The van der Waals surface area contributed by atoms with Gasteiger partial charge in [-0.25, -0.2) is 0 Å². The van der Waals surface area contributed by atoms with Gasteiger partial charge in [0, 0.05) is 57.9 Å². The number of hydrogen-bond acceptors (Lipinski definition) is 8. The monoisotopic (exact) mass is 444 g/mol. The van der Waals surface area contributed by atoms with Crippen LogP contribution in [0.25, 0.3) is 0 Å². The lowest BCUT2D eigenvalue weighted by Crippen LogP contribution is -2.58. The van der Waals surface area contributed by atoms with Crippen molar-refractivity contribution in [3.8, 4) is 0 Å². The minimum Gasteiger partial charge on any atom is -0.480 e. The Balaban J connectivity index is 2.30. The molecule has 2 unspecified atom stereocenters. The van der Waals surface area contributed by atoms with Gasteiger partial charge in [0.15, 0.2) is 0 Å². The van der Waals surface area contributed by atoms with E-state index in [2.05, 4.69) is 0 Å². The second-order valence-electron chi connectivity index (χ2n) is 8.38. The van der Waals surface area contributed by atoms with Gasteiger partial charge in [-0.2, -0.15) is 0 Å². The molecule has 31 heavy (non-hydrogen) atoms. The molecule has 2 aliphatic rings. The average Bonchev–Trinajstić information content (AvgIpc) is 2.70. The zero-order chi connectivity index (χ0) is 22.8. The summed E-state index contributed by atoms with van der Waals surface area (Å²) in [6, 6.07) is -0.172. The lowest BCUT2D eigenvalue weighted by atomic mass is 9.87. The lowest BCUT2D eigenvalue weighted by Gasteiger charge is -2.45. The standard InChI is InChI=1S/C20H36N4O7/c25-12-11-21-5-6-22(13-18(26)27)8-10-24(15-20(30)31)17-4-2-1-3-16(17)23(9-7-21)14-19(28)29/h16-17,25H,1-15H2,(H,26,27)(H,28,29)(H,30,31). The number of carboxylic acid groups (broad SMARTS) is 3. The second-order valence-corrected chi connectivity index (χ2v) is 8.38. The van der Waals surface area contributed by atoms with Gasteiger partial charge in [0.05, 0.1) is 26.2 Å². The molecule has 1 heterocycles. The van der Waals surface area contributed by atoms with Crippen LogP contribution in [0, 0.1) is 0 Å². The van der Waals surface area contributed by atoms with Crippen LogP contribution in [0.1, 0.15) is 25.7 Å². The molecule has 0 aromatic rings. The molecule has 2 rings (SSSR count). The van der Waals surface area contributed by atoms with E-state index in [1.165, 1.54) is 0 Å². The Kier molecular flexibility index (Phi) is 10.6. The van der Waals surface area contributed by atoms with Gasteiger partial charge >= 0.3 is 17.9 Å². The number of carbonyl (C=O) groups is 3. The minimum absolute atomic E-state index is 0.0314. The van der Waals surface area contributed by atoms with E-state index in [0.717, 1.165) is 25.7 Å². The number of aliphatic hydroxyl groups excluding tert-OH is 1. The SMILES string of the molecule is O=C(O)CN1CCN(CCO)CCN(CC(=O)O)C2CCCCC2N(CC(=O)O)CC1. The number of aliphatic carboxylic acids is 3. The van der Waals surface area contributed by atoms with Crippen molar-refractivity contribution in [1.29, 1.82) is 0 Å². The van der Waals surface area contributed by atoms with Gasteiger partial charge < -0.3 is 20.4 Å². The maximum Gasteiger partial charge on any atom is 0.317 e. The van der Waals surface area contributed by atoms with Crippen LogP contribution in [0.2, 0.25) is 0 Å². The molecule has 0 radical (unpaired) electrons. The number of aliphatic hydroxyl groups is 1. The minimum atomic E-state index is -0.944. The molecule has 0 bridgehead atoms. The first-order valence-corrected chi connectivity index (χ1v) is 11.0. The van der Waals surface area contributed by atoms with E-state index in [-0.39, 0.29) is 38.3 Å². The first-order chi connectivity index (χ1) is 14.8. The fourth-order valence-corrected chi connectivity index (χ4v) is 4.78. The zero-order valence-corrected chi connectivity index (χ0v) is 18.1. The maximum absolute atomic E-state index is 11.6. The van der Waals surface area contributed by atoms with Crippen molar-refractivity contribution in [1.82, 2.24) is 19.6 Å². The number of hydrogen-bond donors (Lipinski definition) is 4. The third kappa shape index (κ3) is 8.69. The fourth-order valence-electron chi connectivity index (χ4n) is 4.78. The first kappa shape index (κ1) is 25.5. The Morgan fingerprint density at radius 3 is 1.52 bits per heavy atom. The summed E-state index contributed by atoms with van der Waals surface area (Å²) in [5, 5.41) is 37.6. The summed E-state index contributed by atoms with van der Waals surface area (Å²) >= 11 is 0. The summed E-state index contributed by atoms with van der Waals surface area (Å²) in [7, 11) is 0. The Morgan fingerprint density at radius 1 is 0.645 bits per heavy atom. The van der Waals surface area contributed by atoms with Gasteiger partial charge in [-0.3, -0.25) is 34.0 Å². The third-order valence-corrected chi connectivity index (χ3v) is 6.22. The van der Waals surface area contributed by atoms with E-state index in [4.69, 9.17) is 0 Å². The van der Waals surface area contributed by atoms with E-state index in [9.17, 15) is 34.8 Å². The Hall–Kier alpha value is -1.79. The molecular weight excluding hydrogens is 408 g/mol. The Labute approximate surface area is 182 Å². The van der Waals surface area contributed by atoms with E-state index in [1.54, 1.807) is 4.90 Å². The molecule has 1 saturated heterocycles. The van der Waals surface area contributed by atoms with Crippen molar-refractivity contribution in [2.24, 2.45) is 0 Å². The van der Waals surface area contributed by atoms with E-state index in [0.29, 0.717) is 45.8 Å². The number of nitrogens with zero attached hydrogens (tertiary/aromatic N) is 4. The number of fused-ring (bicyclic) bond motifs is 1. The van der Waals surface area contributed by atoms with Crippen molar-refractivity contribution in [3.63, 3.8) is 0 Å². The van der Waals surface area contributed by atoms with Crippen molar-refractivity contribution < 1.29 is 34.8 Å². The first-order valence-electron chi connectivity index (χ1n) is 11.0. The van der Waals surface area contributed by atoms with Gasteiger partial charge in [0.2, 0.25) is 0 Å². The largest absolute Gasteiger partial charge is 0.480 e. The predicted molar refractivity (Wildman–Crippen MR) is 112 cm³/mol. The molecule has 1 saturated carbocycles. The summed E-state index contributed by atoms with van der Waals surface area (Å²) in [5.41, 5.74) is 0. The molecule has 0 spiro atoms. The summed E-state index contributed by atoms with van der Waals surface area (Å²) in [6.45, 7) is 2.88. The lowest BCUT2D eigenvalue weighted by molar-refractivity contribution is -0.143. The molecule has 1 aliphatic carbocycles. The van der Waals surface area contributed by atoms with Gasteiger partial charge in [-0.1, -0.05) is 12.8 Å². The summed E-state index contributed by atoms with van der Waals surface area (Å²) in [4.78, 5) is 42.1. The highest BCUT2D eigenvalue weighted by Gasteiger charge is 2.36. The average molecular weight is 445 g/mol. The highest BCUT2D eigenvalue weighted by molar-refractivity contribution is 5.70. The molecule has 0 aromatic heterocycles. The van der Waals surface area contributed by atoms with Crippen molar-refractivity contribution in [3.05, 3.63) is 0 Å². The molecule has 1 aliphatic heterocycles. The van der Waals surface area contributed by atoms with E-state index >= 15 is 0 Å². The van der Waals surface area contributed by atoms with Crippen LogP contribution in [0.4, 0.5) is 0 Å².